The molecule has 0 aromatic carbocycles. The minimum absolute atomic E-state index is 0.704. The van der Waals surface area contributed by atoms with E-state index in [1.807, 2.05) is 0 Å². The highest BCUT2D eigenvalue weighted by atomic mass is 15.3. The Morgan fingerprint density at radius 2 is 1.86 bits per heavy atom. The lowest BCUT2D eigenvalue weighted by molar-refractivity contribution is 0.0959. The van der Waals surface area contributed by atoms with E-state index >= 15 is 0 Å². The SMILES string of the molecule is CCN(CC)C1CCN(C2CC(C(C)C)CCC2NC)C1. The smallest absolute Gasteiger partial charge is 0.0252 e. The molecule has 1 heterocycles. The molecular formula is C18H37N3. The molecule has 124 valence electrons. The van der Waals surface area contributed by atoms with Gasteiger partial charge in [0.2, 0.25) is 0 Å². The van der Waals surface area contributed by atoms with E-state index in [1.54, 1.807) is 0 Å². The van der Waals surface area contributed by atoms with Crippen molar-refractivity contribution in [2.24, 2.45) is 11.8 Å². The first-order chi connectivity index (χ1) is 10.1. The van der Waals surface area contributed by atoms with Crippen molar-refractivity contribution in [3.05, 3.63) is 0 Å². The summed E-state index contributed by atoms with van der Waals surface area (Å²) in [5.41, 5.74) is 0. The molecule has 4 atom stereocenters. The summed E-state index contributed by atoms with van der Waals surface area (Å²) in [7, 11) is 2.16. The second kappa shape index (κ2) is 7.94. The Bertz CT molecular complexity index is 301. The van der Waals surface area contributed by atoms with Gasteiger partial charge in [0, 0.05) is 31.2 Å². The monoisotopic (exact) mass is 295 g/mol. The normalized spacial score (nSPS) is 35.0. The molecule has 1 aliphatic heterocycles. The number of rotatable bonds is 6. The zero-order valence-electron chi connectivity index (χ0n) is 14.9. The lowest BCUT2D eigenvalue weighted by atomic mass is 9.76. The molecule has 2 aliphatic rings. The van der Waals surface area contributed by atoms with Gasteiger partial charge in [0.05, 0.1) is 0 Å². The number of likely N-dealkylation sites (tertiary alicyclic amines) is 1. The van der Waals surface area contributed by atoms with Crippen molar-refractivity contribution in [2.75, 3.05) is 33.2 Å². The lowest BCUT2D eigenvalue weighted by Gasteiger charge is -2.42. The first kappa shape index (κ1) is 17.2. The van der Waals surface area contributed by atoms with E-state index in [9.17, 15) is 0 Å². The van der Waals surface area contributed by atoms with Crippen LogP contribution in [-0.4, -0.2) is 61.2 Å². The highest BCUT2D eigenvalue weighted by Gasteiger charge is 2.38. The maximum Gasteiger partial charge on any atom is 0.0252 e. The first-order valence-corrected chi connectivity index (χ1v) is 9.26. The Kier molecular flexibility index (Phi) is 6.51. The van der Waals surface area contributed by atoms with Crippen molar-refractivity contribution >= 4 is 0 Å². The second-order valence-corrected chi connectivity index (χ2v) is 7.44. The van der Waals surface area contributed by atoms with Gasteiger partial charge in [-0.05, 0) is 57.7 Å². The molecule has 1 aliphatic carbocycles. The van der Waals surface area contributed by atoms with Crippen LogP contribution in [0, 0.1) is 11.8 Å². The second-order valence-electron chi connectivity index (χ2n) is 7.44. The summed E-state index contributed by atoms with van der Waals surface area (Å²) in [6.07, 6.45) is 5.53. The fourth-order valence-electron chi connectivity index (χ4n) is 4.63. The summed E-state index contributed by atoms with van der Waals surface area (Å²) in [6, 6.07) is 2.25. The van der Waals surface area contributed by atoms with Crippen LogP contribution in [0.25, 0.3) is 0 Å². The van der Waals surface area contributed by atoms with E-state index < -0.39 is 0 Å². The molecule has 2 fully saturated rings. The van der Waals surface area contributed by atoms with Gasteiger partial charge in [-0.3, -0.25) is 9.80 Å². The molecule has 2 rings (SSSR count). The highest BCUT2D eigenvalue weighted by Crippen LogP contribution is 2.34. The summed E-state index contributed by atoms with van der Waals surface area (Å²) in [4.78, 5) is 5.45. The number of hydrogen-bond acceptors (Lipinski definition) is 3. The number of nitrogens with one attached hydrogen (secondary N) is 1. The van der Waals surface area contributed by atoms with E-state index in [0.29, 0.717) is 6.04 Å². The Morgan fingerprint density at radius 3 is 2.43 bits per heavy atom. The lowest BCUT2D eigenvalue weighted by Crippen LogP contribution is -2.53. The van der Waals surface area contributed by atoms with Crippen molar-refractivity contribution < 1.29 is 0 Å². The summed E-state index contributed by atoms with van der Waals surface area (Å²) >= 11 is 0. The standard InChI is InChI=1S/C18H37N3/c1-6-20(7-2)16-10-11-21(13-16)18-12-15(14(3)4)8-9-17(18)19-5/h14-19H,6-13H2,1-5H3. The predicted octanol–water partition coefficient (Wildman–Crippen LogP) is 2.82. The van der Waals surface area contributed by atoms with E-state index in [1.165, 1.54) is 51.9 Å². The van der Waals surface area contributed by atoms with Crippen LogP contribution in [0.3, 0.4) is 0 Å². The molecule has 1 saturated carbocycles. The van der Waals surface area contributed by atoms with E-state index in [0.717, 1.165) is 23.9 Å². The Morgan fingerprint density at radius 1 is 1.14 bits per heavy atom. The molecule has 4 unspecified atom stereocenters. The van der Waals surface area contributed by atoms with Gasteiger partial charge in [-0.25, -0.2) is 0 Å². The molecule has 1 saturated heterocycles. The Balaban J connectivity index is 1.98. The van der Waals surface area contributed by atoms with E-state index in [4.69, 9.17) is 0 Å². The van der Waals surface area contributed by atoms with Gasteiger partial charge in [-0.2, -0.15) is 0 Å². The minimum atomic E-state index is 0.704. The fraction of sp³-hybridized carbons (Fsp3) is 1.00. The predicted molar refractivity (Wildman–Crippen MR) is 91.7 cm³/mol. The van der Waals surface area contributed by atoms with Crippen molar-refractivity contribution in [1.29, 1.82) is 0 Å². The van der Waals surface area contributed by atoms with Crippen LogP contribution < -0.4 is 5.32 Å². The third-order valence-corrected chi connectivity index (χ3v) is 6.16. The van der Waals surface area contributed by atoms with Crippen molar-refractivity contribution in [3.63, 3.8) is 0 Å². The minimum Gasteiger partial charge on any atom is -0.315 e. The first-order valence-electron chi connectivity index (χ1n) is 9.26. The van der Waals surface area contributed by atoms with Crippen molar-refractivity contribution in [2.45, 2.75) is 71.5 Å². The van der Waals surface area contributed by atoms with Crippen molar-refractivity contribution in [3.8, 4) is 0 Å². The van der Waals surface area contributed by atoms with Gasteiger partial charge >= 0.3 is 0 Å². The molecule has 0 amide bonds. The maximum atomic E-state index is 3.61. The van der Waals surface area contributed by atoms with Crippen LogP contribution in [-0.2, 0) is 0 Å². The van der Waals surface area contributed by atoms with Gasteiger partial charge in [0.25, 0.3) is 0 Å². The van der Waals surface area contributed by atoms with Crippen LogP contribution >= 0.6 is 0 Å². The molecule has 0 aromatic rings. The van der Waals surface area contributed by atoms with Crippen LogP contribution in [0.4, 0.5) is 0 Å². The van der Waals surface area contributed by atoms with Gasteiger partial charge in [0.15, 0.2) is 0 Å². The molecule has 21 heavy (non-hydrogen) atoms. The zero-order chi connectivity index (χ0) is 15.4. The molecule has 0 bridgehead atoms. The van der Waals surface area contributed by atoms with Gasteiger partial charge in [-0.15, -0.1) is 0 Å². The summed E-state index contributed by atoms with van der Waals surface area (Å²) < 4.78 is 0. The average Bonchev–Trinajstić information content (AvgIpc) is 2.97. The average molecular weight is 296 g/mol. The molecular weight excluding hydrogens is 258 g/mol. The van der Waals surface area contributed by atoms with Gasteiger partial charge in [-0.1, -0.05) is 27.7 Å². The topological polar surface area (TPSA) is 18.5 Å². The summed E-state index contributed by atoms with van der Waals surface area (Å²) in [6.45, 7) is 14.4. The zero-order valence-corrected chi connectivity index (χ0v) is 14.9. The van der Waals surface area contributed by atoms with Crippen LogP contribution in [0.2, 0.25) is 0 Å². The van der Waals surface area contributed by atoms with Crippen LogP contribution in [0.15, 0.2) is 0 Å². The highest BCUT2D eigenvalue weighted by molar-refractivity contribution is 4.95. The third-order valence-electron chi connectivity index (χ3n) is 6.16. The molecule has 0 aromatic heterocycles. The third kappa shape index (κ3) is 4.00. The van der Waals surface area contributed by atoms with Gasteiger partial charge in [0.1, 0.15) is 0 Å². The summed E-state index contributed by atoms with van der Waals surface area (Å²) in [5, 5.41) is 3.61. The molecule has 1 N–H and O–H groups in total. The molecule has 0 radical (unpaired) electrons. The molecule has 0 spiro atoms. The van der Waals surface area contributed by atoms with E-state index in [-0.39, 0.29) is 0 Å². The maximum absolute atomic E-state index is 3.61. The van der Waals surface area contributed by atoms with Crippen LogP contribution in [0.1, 0.15) is 53.4 Å². The molecule has 3 nitrogen and oxygen atoms in total. The Labute approximate surface area is 132 Å². The largest absolute Gasteiger partial charge is 0.315 e. The van der Waals surface area contributed by atoms with Gasteiger partial charge < -0.3 is 5.32 Å². The fourth-order valence-corrected chi connectivity index (χ4v) is 4.63. The summed E-state index contributed by atoms with van der Waals surface area (Å²) in [5.74, 6) is 1.76. The number of likely N-dealkylation sites (N-methyl/N-ethyl adjacent to an activating group) is 2. The number of hydrogen-bond donors (Lipinski definition) is 1. The Hall–Kier alpha value is -0.120. The van der Waals surface area contributed by atoms with E-state index in [2.05, 4.69) is 49.9 Å². The quantitative estimate of drug-likeness (QED) is 0.813. The number of nitrogens with zero attached hydrogens (tertiary/aromatic N) is 2. The van der Waals surface area contributed by atoms with Crippen LogP contribution in [0.5, 0.6) is 0 Å². The van der Waals surface area contributed by atoms with Crippen molar-refractivity contribution in [1.82, 2.24) is 15.1 Å². The molecule has 3 heteroatoms.